The molecule has 2 rings (SSSR count). The summed E-state index contributed by atoms with van der Waals surface area (Å²) in [5, 5.41) is 0.0241. The van der Waals surface area contributed by atoms with E-state index in [1.54, 1.807) is 0 Å². The molecule has 0 heterocycles. The van der Waals surface area contributed by atoms with Crippen LogP contribution in [-0.2, 0) is 16.6 Å². The van der Waals surface area contributed by atoms with Crippen molar-refractivity contribution >= 4 is 21.6 Å². The highest BCUT2D eigenvalue weighted by atomic mass is 35.5. The average Bonchev–Trinajstić information content (AvgIpc) is 2.42. The molecule has 0 fully saturated rings. The molecule has 0 aromatic heterocycles. The van der Waals surface area contributed by atoms with Gasteiger partial charge in [-0.3, -0.25) is 0 Å². The molecule has 0 bridgehead atoms. The van der Waals surface area contributed by atoms with Crippen LogP contribution in [0.2, 0.25) is 5.02 Å². The second kappa shape index (κ2) is 6.28. The van der Waals surface area contributed by atoms with Crippen LogP contribution in [0, 0.1) is 17.5 Å². The van der Waals surface area contributed by atoms with Gasteiger partial charge in [0.05, 0.1) is 0 Å². The van der Waals surface area contributed by atoms with Gasteiger partial charge in [0.15, 0.2) is 4.90 Å². The highest BCUT2D eigenvalue weighted by Crippen LogP contribution is 2.26. The number of sulfonamides is 1. The lowest BCUT2D eigenvalue weighted by Gasteiger charge is -2.19. The number of rotatable bonds is 4. The SMILES string of the molecule is CN(Cc1c(F)cccc1Cl)S(=O)(=O)c1c(F)cccc1F. The summed E-state index contributed by atoms with van der Waals surface area (Å²) in [5.74, 6) is -3.14. The van der Waals surface area contributed by atoms with E-state index in [2.05, 4.69) is 0 Å². The van der Waals surface area contributed by atoms with Gasteiger partial charge in [0.2, 0.25) is 10.0 Å². The van der Waals surface area contributed by atoms with E-state index in [9.17, 15) is 21.6 Å². The van der Waals surface area contributed by atoms with E-state index in [4.69, 9.17) is 11.6 Å². The summed E-state index contributed by atoms with van der Waals surface area (Å²) >= 11 is 5.82. The standard InChI is InChI=1S/C14H11ClF3NO2S/c1-19(8-9-10(15)4-2-5-11(9)16)22(20,21)14-12(17)6-3-7-13(14)18/h2-7H,8H2,1H3. The lowest BCUT2D eigenvalue weighted by molar-refractivity contribution is 0.441. The smallest absolute Gasteiger partial charge is 0.207 e. The summed E-state index contributed by atoms with van der Waals surface area (Å²) in [6, 6.07) is 6.60. The molecule has 0 aliphatic heterocycles. The van der Waals surface area contributed by atoms with Gasteiger partial charge in [-0.15, -0.1) is 0 Å². The van der Waals surface area contributed by atoms with Crippen molar-refractivity contribution in [3.63, 3.8) is 0 Å². The Morgan fingerprint density at radius 3 is 2.05 bits per heavy atom. The molecule has 8 heteroatoms. The van der Waals surface area contributed by atoms with Crippen LogP contribution in [0.3, 0.4) is 0 Å². The summed E-state index contributed by atoms with van der Waals surface area (Å²) in [6.07, 6.45) is 0. The van der Waals surface area contributed by atoms with Crippen molar-refractivity contribution in [1.82, 2.24) is 4.31 Å². The summed E-state index contributed by atoms with van der Waals surface area (Å²) in [5.41, 5.74) is -0.0769. The number of nitrogens with zero attached hydrogens (tertiary/aromatic N) is 1. The normalized spacial score (nSPS) is 11.9. The number of hydrogen-bond acceptors (Lipinski definition) is 2. The molecule has 3 nitrogen and oxygen atoms in total. The van der Waals surface area contributed by atoms with Gasteiger partial charge in [-0.2, -0.15) is 4.31 Å². The van der Waals surface area contributed by atoms with Crippen LogP contribution in [0.15, 0.2) is 41.3 Å². The van der Waals surface area contributed by atoms with E-state index in [0.717, 1.165) is 31.3 Å². The van der Waals surface area contributed by atoms with Crippen LogP contribution < -0.4 is 0 Å². The molecule has 22 heavy (non-hydrogen) atoms. The molecule has 0 saturated heterocycles. The van der Waals surface area contributed by atoms with Crippen molar-refractivity contribution in [2.45, 2.75) is 11.4 Å². The lowest BCUT2D eigenvalue weighted by atomic mass is 10.2. The molecular formula is C14H11ClF3NO2S. The van der Waals surface area contributed by atoms with E-state index < -0.39 is 38.9 Å². The zero-order valence-electron chi connectivity index (χ0n) is 11.4. The fraction of sp³-hybridized carbons (Fsp3) is 0.143. The highest BCUT2D eigenvalue weighted by Gasteiger charge is 2.29. The highest BCUT2D eigenvalue weighted by molar-refractivity contribution is 7.89. The predicted molar refractivity (Wildman–Crippen MR) is 76.4 cm³/mol. The van der Waals surface area contributed by atoms with Gasteiger partial charge < -0.3 is 0 Å². The van der Waals surface area contributed by atoms with Gasteiger partial charge in [0.1, 0.15) is 17.5 Å². The molecule has 0 amide bonds. The molecule has 0 unspecified atom stereocenters. The Morgan fingerprint density at radius 1 is 1.00 bits per heavy atom. The fourth-order valence-corrected chi connectivity index (χ4v) is 3.34. The Balaban J connectivity index is 2.42. The van der Waals surface area contributed by atoms with Gasteiger partial charge in [-0.05, 0) is 24.3 Å². The maximum atomic E-state index is 13.7. The van der Waals surface area contributed by atoms with Gasteiger partial charge in [-0.25, -0.2) is 21.6 Å². The third-order valence-corrected chi connectivity index (χ3v) is 5.24. The molecule has 0 N–H and O–H groups in total. The second-order valence-corrected chi connectivity index (χ2v) is 6.90. The minimum atomic E-state index is -4.47. The first kappa shape index (κ1) is 16.8. The first-order valence-electron chi connectivity index (χ1n) is 6.08. The van der Waals surface area contributed by atoms with E-state index in [-0.39, 0.29) is 10.6 Å². The van der Waals surface area contributed by atoms with E-state index >= 15 is 0 Å². The van der Waals surface area contributed by atoms with Crippen LogP contribution in [0.25, 0.3) is 0 Å². The Morgan fingerprint density at radius 2 is 1.50 bits per heavy atom. The van der Waals surface area contributed by atoms with Crippen LogP contribution in [0.1, 0.15) is 5.56 Å². The number of hydrogen-bond donors (Lipinski definition) is 0. The predicted octanol–water partition coefficient (Wildman–Crippen LogP) is 3.58. The molecule has 2 aromatic rings. The van der Waals surface area contributed by atoms with E-state index in [1.807, 2.05) is 0 Å². The van der Waals surface area contributed by atoms with Crippen molar-refractivity contribution in [2.24, 2.45) is 0 Å². The summed E-state index contributed by atoms with van der Waals surface area (Å²) in [6.45, 7) is -0.457. The molecule has 2 aromatic carbocycles. The Hall–Kier alpha value is -1.57. The van der Waals surface area contributed by atoms with Crippen molar-refractivity contribution in [3.05, 3.63) is 64.4 Å². The summed E-state index contributed by atoms with van der Waals surface area (Å²) < 4.78 is 66.2. The Bertz CT molecular complexity index is 771. The first-order chi connectivity index (χ1) is 10.2. The quantitative estimate of drug-likeness (QED) is 0.846. The van der Waals surface area contributed by atoms with Gasteiger partial charge in [-0.1, -0.05) is 23.7 Å². The molecule has 0 aliphatic carbocycles. The molecule has 0 aliphatic rings. The van der Waals surface area contributed by atoms with Crippen molar-refractivity contribution in [2.75, 3.05) is 7.05 Å². The van der Waals surface area contributed by atoms with Gasteiger partial charge in [0.25, 0.3) is 0 Å². The molecular weight excluding hydrogens is 339 g/mol. The minimum Gasteiger partial charge on any atom is -0.207 e. The van der Waals surface area contributed by atoms with Crippen molar-refractivity contribution in [1.29, 1.82) is 0 Å². The number of benzene rings is 2. The maximum Gasteiger partial charge on any atom is 0.248 e. The zero-order valence-corrected chi connectivity index (χ0v) is 12.9. The molecule has 0 saturated carbocycles. The monoisotopic (exact) mass is 349 g/mol. The number of halogens is 4. The molecule has 0 radical (unpaired) electrons. The first-order valence-corrected chi connectivity index (χ1v) is 7.90. The van der Waals surface area contributed by atoms with Crippen LogP contribution in [-0.4, -0.2) is 19.8 Å². The zero-order chi connectivity index (χ0) is 16.5. The van der Waals surface area contributed by atoms with Gasteiger partial charge >= 0.3 is 0 Å². The fourth-order valence-electron chi connectivity index (χ4n) is 1.88. The van der Waals surface area contributed by atoms with E-state index in [1.165, 1.54) is 12.1 Å². The molecule has 0 atom stereocenters. The Kier molecular flexibility index (Phi) is 4.79. The topological polar surface area (TPSA) is 37.4 Å². The third-order valence-electron chi connectivity index (χ3n) is 3.03. The third kappa shape index (κ3) is 3.11. The Labute approximate surface area is 131 Å². The second-order valence-electron chi connectivity index (χ2n) is 4.51. The molecule has 118 valence electrons. The van der Waals surface area contributed by atoms with Crippen molar-refractivity contribution < 1.29 is 21.6 Å². The maximum absolute atomic E-state index is 13.7. The van der Waals surface area contributed by atoms with Crippen molar-refractivity contribution in [3.8, 4) is 0 Å². The minimum absolute atomic E-state index is 0.0241. The molecule has 0 spiro atoms. The van der Waals surface area contributed by atoms with Crippen LogP contribution >= 0.6 is 11.6 Å². The van der Waals surface area contributed by atoms with E-state index in [0.29, 0.717) is 4.31 Å². The van der Waals surface area contributed by atoms with Crippen LogP contribution in [0.5, 0.6) is 0 Å². The summed E-state index contributed by atoms with van der Waals surface area (Å²) in [7, 11) is -3.39. The van der Waals surface area contributed by atoms with Gasteiger partial charge in [0, 0.05) is 24.2 Å². The summed E-state index contributed by atoms with van der Waals surface area (Å²) in [4.78, 5) is -1.08. The lowest BCUT2D eigenvalue weighted by Crippen LogP contribution is -2.28. The average molecular weight is 350 g/mol. The largest absolute Gasteiger partial charge is 0.248 e. The van der Waals surface area contributed by atoms with Crippen LogP contribution in [0.4, 0.5) is 13.2 Å².